The SMILES string of the molecule is CC[C@@H](C(=O)Nc1cc(Cl)ccc1OC)N(c1ccc(C)c(C)c1)S(C)(=O)=O. The second kappa shape index (κ2) is 8.84. The van der Waals surface area contributed by atoms with E-state index in [1.54, 1.807) is 37.3 Å². The lowest BCUT2D eigenvalue weighted by Gasteiger charge is -2.30. The Morgan fingerprint density at radius 1 is 1.18 bits per heavy atom. The first kappa shape index (κ1) is 22.0. The maximum Gasteiger partial charge on any atom is 0.248 e. The van der Waals surface area contributed by atoms with Gasteiger partial charge in [0.15, 0.2) is 0 Å². The van der Waals surface area contributed by atoms with E-state index >= 15 is 0 Å². The third-order valence-corrected chi connectivity index (χ3v) is 5.91. The summed E-state index contributed by atoms with van der Waals surface area (Å²) >= 11 is 6.02. The van der Waals surface area contributed by atoms with E-state index in [2.05, 4.69) is 5.32 Å². The molecule has 0 fully saturated rings. The fourth-order valence-electron chi connectivity index (χ4n) is 2.92. The van der Waals surface area contributed by atoms with Gasteiger partial charge in [0.25, 0.3) is 0 Å². The summed E-state index contributed by atoms with van der Waals surface area (Å²) in [7, 11) is -2.22. The Kier molecular flexibility index (Phi) is 6.96. The highest BCUT2D eigenvalue weighted by Crippen LogP contribution is 2.30. The number of halogens is 1. The van der Waals surface area contributed by atoms with Gasteiger partial charge >= 0.3 is 0 Å². The number of methoxy groups -OCH3 is 1. The van der Waals surface area contributed by atoms with Crippen molar-refractivity contribution in [1.29, 1.82) is 0 Å². The van der Waals surface area contributed by atoms with Gasteiger partial charge in [0.1, 0.15) is 11.8 Å². The number of aryl methyl sites for hydroxylation is 2. The van der Waals surface area contributed by atoms with Crippen LogP contribution in [0.15, 0.2) is 36.4 Å². The molecule has 0 heterocycles. The van der Waals surface area contributed by atoms with Gasteiger partial charge in [0.2, 0.25) is 15.9 Å². The summed E-state index contributed by atoms with van der Waals surface area (Å²) in [5, 5.41) is 3.18. The monoisotopic (exact) mass is 424 g/mol. The van der Waals surface area contributed by atoms with Crippen LogP contribution in [0.3, 0.4) is 0 Å². The highest BCUT2D eigenvalue weighted by molar-refractivity contribution is 7.92. The minimum Gasteiger partial charge on any atom is -0.495 e. The summed E-state index contributed by atoms with van der Waals surface area (Å²) < 4.78 is 31.5. The van der Waals surface area contributed by atoms with Crippen LogP contribution in [-0.4, -0.2) is 33.7 Å². The molecular formula is C20H25ClN2O4S. The van der Waals surface area contributed by atoms with Crippen LogP contribution >= 0.6 is 11.6 Å². The van der Waals surface area contributed by atoms with Crippen molar-refractivity contribution >= 4 is 38.9 Å². The summed E-state index contributed by atoms with van der Waals surface area (Å²) in [5.74, 6) is -0.0311. The molecule has 0 radical (unpaired) electrons. The molecule has 0 aliphatic heterocycles. The number of nitrogens with zero attached hydrogens (tertiary/aromatic N) is 1. The Hall–Kier alpha value is -2.25. The fourth-order valence-corrected chi connectivity index (χ4v) is 4.29. The van der Waals surface area contributed by atoms with Gasteiger partial charge in [-0.3, -0.25) is 9.10 Å². The molecule has 28 heavy (non-hydrogen) atoms. The van der Waals surface area contributed by atoms with Gasteiger partial charge in [-0.2, -0.15) is 0 Å². The first-order chi connectivity index (χ1) is 13.1. The third-order valence-electron chi connectivity index (χ3n) is 4.49. The number of anilines is 2. The zero-order valence-corrected chi connectivity index (χ0v) is 18.2. The molecular weight excluding hydrogens is 400 g/mol. The Bertz CT molecular complexity index is 976. The van der Waals surface area contributed by atoms with Crippen molar-refractivity contribution in [2.45, 2.75) is 33.2 Å². The third kappa shape index (κ3) is 4.97. The predicted octanol–water partition coefficient (Wildman–Crippen LogP) is 4.15. The van der Waals surface area contributed by atoms with Crippen LogP contribution in [0.2, 0.25) is 5.02 Å². The second-order valence-electron chi connectivity index (χ2n) is 6.59. The first-order valence-electron chi connectivity index (χ1n) is 8.79. The van der Waals surface area contributed by atoms with Crippen molar-refractivity contribution in [1.82, 2.24) is 0 Å². The molecule has 0 spiro atoms. The molecule has 0 bridgehead atoms. The molecule has 6 nitrogen and oxygen atoms in total. The number of sulfonamides is 1. The minimum atomic E-state index is -3.70. The van der Waals surface area contributed by atoms with Crippen molar-refractivity contribution in [3.05, 3.63) is 52.5 Å². The first-order valence-corrected chi connectivity index (χ1v) is 11.0. The molecule has 8 heteroatoms. The van der Waals surface area contributed by atoms with E-state index in [1.165, 1.54) is 7.11 Å². The molecule has 0 aliphatic carbocycles. The Labute approximate surface area is 171 Å². The van der Waals surface area contributed by atoms with Gasteiger partial charge < -0.3 is 10.1 Å². The van der Waals surface area contributed by atoms with Gasteiger partial charge in [-0.15, -0.1) is 0 Å². The number of carbonyl (C=O) groups excluding carboxylic acids is 1. The quantitative estimate of drug-likeness (QED) is 0.724. The van der Waals surface area contributed by atoms with Gasteiger partial charge in [-0.1, -0.05) is 24.6 Å². The van der Waals surface area contributed by atoms with Crippen LogP contribution in [-0.2, 0) is 14.8 Å². The smallest absolute Gasteiger partial charge is 0.248 e. The largest absolute Gasteiger partial charge is 0.495 e. The lowest BCUT2D eigenvalue weighted by atomic mass is 10.1. The molecule has 0 aliphatic rings. The summed E-state index contributed by atoms with van der Waals surface area (Å²) in [4.78, 5) is 13.0. The molecule has 0 unspecified atom stereocenters. The molecule has 0 aromatic heterocycles. The topological polar surface area (TPSA) is 75.7 Å². The number of nitrogens with one attached hydrogen (secondary N) is 1. The molecule has 0 saturated heterocycles. The number of ether oxygens (including phenoxy) is 1. The van der Waals surface area contributed by atoms with E-state index < -0.39 is 22.0 Å². The number of carbonyl (C=O) groups is 1. The molecule has 1 atom stereocenters. The van der Waals surface area contributed by atoms with E-state index in [0.717, 1.165) is 21.7 Å². The van der Waals surface area contributed by atoms with E-state index in [-0.39, 0.29) is 6.42 Å². The number of rotatable bonds is 7. The molecule has 1 amide bonds. The van der Waals surface area contributed by atoms with E-state index in [9.17, 15) is 13.2 Å². The number of benzene rings is 2. The van der Waals surface area contributed by atoms with Crippen LogP contribution in [0.5, 0.6) is 5.75 Å². The summed E-state index contributed by atoms with van der Waals surface area (Å²) in [6.45, 7) is 5.61. The van der Waals surface area contributed by atoms with Crippen molar-refractivity contribution < 1.29 is 17.9 Å². The minimum absolute atomic E-state index is 0.286. The molecule has 152 valence electrons. The summed E-state index contributed by atoms with van der Waals surface area (Å²) in [6.07, 6.45) is 1.38. The van der Waals surface area contributed by atoms with E-state index in [1.807, 2.05) is 19.9 Å². The lowest BCUT2D eigenvalue weighted by Crippen LogP contribution is -2.47. The van der Waals surface area contributed by atoms with Crippen molar-refractivity contribution in [2.24, 2.45) is 0 Å². The van der Waals surface area contributed by atoms with E-state index in [0.29, 0.717) is 22.1 Å². The molecule has 2 aromatic carbocycles. The Morgan fingerprint density at radius 3 is 2.39 bits per heavy atom. The van der Waals surface area contributed by atoms with Crippen LogP contribution in [0.25, 0.3) is 0 Å². The maximum absolute atomic E-state index is 13.0. The number of hydrogen-bond donors (Lipinski definition) is 1. The number of hydrogen-bond acceptors (Lipinski definition) is 4. The van der Waals surface area contributed by atoms with Crippen molar-refractivity contribution in [2.75, 3.05) is 23.0 Å². The van der Waals surface area contributed by atoms with Gasteiger partial charge in [0, 0.05) is 5.02 Å². The highest BCUT2D eigenvalue weighted by atomic mass is 35.5. The van der Waals surface area contributed by atoms with E-state index in [4.69, 9.17) is 16.3 Å². The van der Waals surface area contributed by atoms with Crippen molar-refractivity contribution in [3.8, 4) is 5.75 Å². The predicted molar refractivity (Wildman–Crippen MR) is 114 cm³/mol. The highest BCUT2D eigenvalue weighted by Gasteiger charge is 2.32. The average Bonchev–Trinajstić information content (AvgIpc) is 2.61. The van der Waals surface area contributed by atoms with Gasteiger partial charge in [-0.25, -0.2) is 8.42 Å². The van der Waals surface area contributed by atoms with Crippen LogP contribution in [0, 0.1) is 13.8 Å². The van der Waals surface area contributed by atoms with Crippen LogP contribution in [0.1, 0.15) is 24.5 Å². The lowest BCUT2D eigenvalue weighted by molar-refractivity contribution is -0.117. The Morgan fingerprint density at radius 2 is 1.86 bits per heavy atom. The standard InChI is InChI=1S/C20H25ClN2O4S/c1-6-18(20(24)22-17-12-15(21)8-10-19(17)27-4)23(28(5,25)26)16-9-7-13(2)14(3)11-16/h7-12,18H,6H2,1-5H3,(H,22,24)/t18-/m0/s1. The van der Waals surface area contributed by atoms with Crippen LogP contribution in [0.4, 0.5) is 11.4 Å². The van der Waals surface area contributed by atoms with Crippen molar-refractivity contribution in [3.63, 3.8) is 0 Å². The second-order valence-corrected chi connectivity index (χ2v) is 8.88. The van der Waals surface area contributed by atoms with Crippen LogP contribution < -0.4 is 14.4 Å². The van der Waals surface area contributed by atoms with Gasteiger partial charge in [-0.05, 0) is 61.7 Å². The molecule has 0 saturated carbocycles. The summed E-state index contributed by atoms with van der Waals surface area (Å²) in [6, 6.07) is 9.23. The number of amides is 1. The maximum atomic E-state index is 13.0. The molecule has 2 aromatic rings. The zero-order valence-electron chi connectivity index (χ0n) is 16.6. The normalized spacial score (nSPS) is 12.4. The molecule has 2 rings (SSSR count). The van der Waals surface area contributed by atoms with Gasteiger partial charge in [0.05, 0.1) is 24.7 Å². The average molecular weight is 425 g/mol. The zero-order chi connectivity index (χ0) is 21.1. The fraction of sp³-hybridized carbons (Fsp3) is 0.350. The Balaban J connectivity index is 2.45. The summed E-state index contributed by atoms with van der Waals surface area (Å²) in [5.41, 5.74) is 2.81. The molecule has 1 N–H and O–H groups in total.